The Labute approximate surface area is 291 Å². The van der Waals surface area contributed by atoms with E-state index in [1.165, 1.54) is 19.3 Å². The standard InChI is InChI=1S/C38H66NO8P/c1-3-5-7-9-11-13-15-17-18-19-21-22-24-26-28-30-37(40)44-34-36(35-46-48(42,43)45-33-32-39)47-38(41)31-29-27-25-23-20-16-14-12-10-8-6-4-2/h5,7,11-14,17-18,21-22,36H,3-4,6,8-10,15-16,19-20,23-35,39H2,1-2H3,(H,42,43)/b7-5+,13-11+,14-12+,18-17+,22-21+/t36-/m1/s1. The Morgan fingerprint density at radius 1 is 0.646 bits per heavy atom. The quantitative estimate of drug-likeness (QED) is 0.0298. The van der Waals surface area contributed by atoms with E-state index >= 15 is 0 Å². The van der Waals surface area contributed by atoms with Gasteiger partial charge in [-0.15, -0.1) is 0 Å². The summed E-state index contributed by atoms with van der Waals surface area (Å²) in [6.07, 6.45) is 38.3. The highest BCUT2D eigenvalue weighted by Gasteiger charge is 2.25. The number of allylic oxidation sites excluding steroid dienone is 10. The van der Waals surface area contributed by atoms with Crippen molar-refractivity contribution in [2.75, 3.05) is 26.4 Å². The van der Waals surface area contributed by atoms with E-state index in [0.717, 1.165) is 77.0 Å². The van der Waals surface area contributed by atoms with Gasteiger partial charge in [-0.3, -0.25) is 18.6 Å². The second kappa shape index (κ2) is 34.6. The number of ether oxygens (including phenoxy) is 2. The number of phosphoric acid groups is 1. The lowest BCUT2D eigenvalue weighted by Gasteiger charge is -2.19. The predicted octanol–water partition coefficient (Wildman–Crippen LogP) is 9.77. The monoisotopic (exact) mass is 695 g/mol. The van der Waals surface area contributed by atoms with E-state index in [9.17, 15) is 19.0 Å². The van der Waals surface area contributed by atoms with Crippen LogP contribution in [0.15, 0.2) is 60.8 Å². The van der Waals surface area contributed by atoms with Crippen LogP contribution >= 0.6 is 7.82 Å². The van der Waals surface area contributed by atoms with Gasteiger partial charge in [-0.1, -0.05) is 107 Å². The van der Waals surface area contributed by atoms with Crippen molar-refractivity contribution in [3.63, 3.8) is 0 Å². The Morgan fingerprint density at radius 3 is 1.77 bits per heavy atom. The molecule has 3 N–H and O–H groups in total. The number of carbonyl (C=O) groups excluding carboxylic acids is 2. The molecule has 0 bridgehead atoms. The topological polar surface area (TPSA) is 134 Å². The molecule has 0 radical (unpaired) electrons. The van der Waals surface area contributed by atoms with Gasteiger partial charge in [0.25, 0.3) is 0 Å². The minimum absolute atomic E-state index is 0.0436. The Balaban J connectivity index is 4.35. The highest BCUT2D eigenvalue weighted by Crippen LogP contribution is 2.43. The molecule has 0 spiro atoms. The van der Waals surface area contributed by atoms with Crippen LogP contribution in [0.3, 0.4) is 0 Å². The first-order chi connectivity index (χ1) is 23.3. The summed E-state index contributed by atoms with van der Waals surface area (Å²) in [5, 5.41) is 0. The van der Waals surface area contributed by atoms with Crippen LogP contribution in [0.5, 0.6) is 0 Å². The molecule has 0 aromatic heterocycles. The zero-order chi connectivity index (χ0) is 35.4. The summed E-state index contributed by atoms with van der Waals surface area (Å²) in [6, 6.07) is 0. The van der Waals surface area contributed by atoms with Crippen LogP contribution in [-0.2, 0) is 32.7 Å². The number of carbonyl (C=O) groups is 2. The average Bonchev–Trinajstić information content (AvgIpc) is 3.07. The fourth-order valence-corrected chi connectivity index (χ4v) is 5.21. The summed E-state index contributed by atoms with van der Waals surface area (Å²) in [4.78, 5) is 34.6. The molecule has 1 unspecified atom stereocenters. The number of rotatable bonds is 33. The van der Waals surface area contributed by atoms with Crippen LogP contribution in [-0.4, -0.2) is 49.3 Å². The van der Waals surface area contributed by atoms with E-state index in [-0.39, 0.29) is 32.6 Å². The fourth-order valence-electron chi connectivity index (χ4n) is 4.44. The molecule has 0 heterocycles. The SMILES string of the molecule is CC/C=C/C/C=C/C/C=C/C/C=C/CCCCC(=O)OC[C@H](COP(=O)(O)OCCN)OC(=O)CCCCCCC/C=C/CCCCC. The van der Waals surface area contributed by atoms with Gasteiger partial charge in [-0.05, 0) is 77.0 Å². The van der Waals surface area contributed by atoms with Gasteiger partial charge in [0, 0.05) is 19.4 Å². The number of unbranched alkanes of at least 4 members (excludes halogenated alkanes) is 10. The summed E-state index contributed by atoms with van der Waals surface area (Å²) in [6.45, 7) is 3.50. The minimum atomic E-state index is -4.38. The molecule has 276 valence electrons. The number of hydrogen-bond acceptors (Lipinski definition) is 8. The molecule has 0 saturated heterocycles. The van der Waals surface area contributed by atoms with Gasteiger partial charge >= 0.3 is 19.8 Å². The highest BCUT2D eigenvalue weighted by atomic mass is 31.2. The summed E-state index contributed by atoms with van der Waals surface area (Å²) in [5.74, 6) is -0.896. The first-order valence-electron chi connectivity index (χ1n) is 18.3. The predicted molar refractivity (Wildman–Crippen MR) is 196 cm³/mol. The summed E-state index contributed by atoms with van der Waals surface area (Å²) in [5.41, 5.74) is 5.32. The van der Waals surface area contributed by atoms with E-state index in [1.807, 2.05) is 0 Å². The molecule has 0 amide bonds. The van der Waals surface area contributed by atoms with Crippen LogP contribution in [0.4, 0.5) is 0 Å². The van der Waals surface area contributed by atoms with Gasteiger partial charge in [0.05, 0.1) is 13.2 Å². The van der Waals surface area contributed by atoms with Crippen molar-refractivity contribution in [2.24, 2.45) is 5.73 Å². The zero-order valence-electron chi connectivity index (χ0n) is 29.9. The number of phosphoric ester groups is 1. The van der Waals surface area contributed by atoms with Crippen LogP contribution < -0.4 is 5.73 Å². The summed E-state index contributed by atoms with van der Waals surface area (Å²) < 4.78 is 32.5. The van der Waals surface area contributed by atoms with Gasteiger partial charge in [0.1, 0.15) is 6.61 Å². The second-order valence-electron chi connectivity index (χ2n) is 11.7. The maximum atomic E-state index is 12.5. The van der Waals surface area contributed by atoms with Crippen molar-refractivity contribution >= 4 is 19.8 Å². The Kier molecular flexibility index (Phi) is 32.9. The lowest BCUT2D eigenvalue weighted by molar-refractivity contribution is -0.161. The molecule has 0 saturated carbocycles. The van der Waals surface area contributed by atoms with Gasteiger partial charge in [0.15, 0.2) is 6.10 Å². The van der Waals surface area contributed by atoms with E-state index in [2.05, 4.69) is 74.6 Å². The van der Waals surface area contributed by atoms with E-state index in [0.29, 0.717) is 12.8 Å². The third kappa shape index (κ3) is 33.6. The molecule has 0 aromatic carbocycles. The molecule has 10 heteroatoms. The minimum Gasteiger partial charge on any atom is -0.462 e. The first kappa shape index (κ1) is 45.7. The van der Waals surface area contributed by atoms with Crippen LogP contribution in [0.2, 0.25) is 0 Å². The molecule has 9 nitrogen and oxygen atoms in total. The highest BCUT2D eigenvalue weighted by molar-refractivity contribution is 7.47. The van der Waals surface area contributed by atoms with Gasteiger partial charge in [-0.25, -0.2) is 4.57 Å². The van der Waals surface area contributed by atoms with E-state index in [1.54, 1.807) is 0 Å². The Hall–Kier alpha value is -2.29. The van der Waals surface area contributed by atoms with Crippen molar-refractivity contribution in [1.82, 2.24) is 0 Å². The first-order valence-corrected chi connectivity index (χ1v) is 19.8. The molecule has 2 atom stereocenters. The van der Waals surface area contributed by atoms with Crippen LogP contribution in [0.1, 0.15) is 136 Å². The van der Waals surface area contributed by atoms with E-state index < -0.39 is 32.5 Å². The lowest BCUT2D eigenvalue weighted by atomic mass is 10.1. The Bertz CT molecular complexity index is 976. The molecule has 0 aromatic rings. The normalized spacial score (nSPS) is 14.2. The number of esters is 2. The molecular formula is C38H66NO8P. The Morgan fingerprint density at radius 2 is 1.15 bits per heavy atom. The molecular weight excluding hydrogens is 629 g/mol. The molecule has 0 aliphatic carbocycles. The number of hydrogen-bond donors (Lipinski definition) is 2. The lowest BCUT2D eigenvalue weighted by Crippen LogP contribution is -2.29. The molecule has 0 aliphatic heterocycles. The third-order valence-electron chi connectivity index (χ3n) is 7.14. The third-order valence-corrected chi connectivity index (χ3v) is 8.12. The molecule has 0 rings (SSSR count). The van der Waals surface area contributed by atoms with Crippen LogP contribution in [0.25, 0.3) is 0 Å². The van der Waals surface area contributed by atoms with Crippen molar-refractivity contribution in [1.29, 1.82) is 0 Å². The van der Waals surface area contributed by atoms with Crippen molar-refractivity contribution in [3.8, 4) is 0 Å². The summed E-state index contributed by atoms with van der Waals surface area (Å²) in [7, 11) is -4.38. The van der Waals surface area contributed by atoms with Gasteiger partial charge < -0.3 is 20.1 Å². The molecule has 0 fully saturated rings. The number of nitrogens with two attached hydrogens (primary N) is 1. The van der Waals surface area contributed by atoms with E-state index in [4.69, 9.17) is 24.3 Å². The molecule has 48 heavy (non-hydrogen) atoms. The fraction of sp³-hybridized carbons (Fsp3) is 0.684. The van der Waals surface area contributed by atoms with Crippen molar-refractivity contribution < 1.29 is 37.6 Å². The van der Waals surface area contributed by atoms with Gasteiger partial charge in [0.2, 0.25) is 0 Å². The average molecular weight is 696 g/mol. The zero-order valence-corrected chi connectivity index (χ0v) is 30.8. The second-order valence-corrected chi connectivity index (χ2v) is 13.2. The maximum absolute atomic E-state index is 12.5. The van der Waals surface area contributed by atoms with Crippen molar-refractivity contribution in [3.05, 3.63) is 60.8 Å². The summed E-state index contributed by atoms with van der Waals surface area (Å²) >= 11 is 0. The largest absolute Gasteiger partial charge is 0.472 e. The van der Waals surface area contributed by atoms with Gasteiger partial charge in [-0.2, -0.15) is 0 Å². The maximum Gasteiger partial charge on any atom is 0.472 e. The van der Waals surface area contributed by atoms with Crippen molar-refractivity contribution in [2.45, 2.75) is 142 Å². The molecule has 0 aliphatic rings. The smallest absolute Gasteiger partial charge is 0.462 e. The van der Waals surface area contributed by atoms with Crippen LogP contribution in [0, 0.1) is 0 Å².